The number of methoxy groups -OCH3 is 1. The van der Waals surface area contributed by atoms with Crippen LogP contribution < -0.4 is 10.1 Å². The van der Waals surface area contributed by atoms with Gasteiger partial charge in [-0.15, -0.1) is 0 Å². The molecular formula is C21H23BrN2O. The Kier molecular flexibility index (Phi) is 4.34. The number of fused-ring (bicyclic) bond motifs is 3. The van der Waals surface area contributed by atoms with Crippen molar-refractivity contribution in [2.75, 3.05) is 13.7 Å². The van der Waals surface area contributed by atoms with E-state index in [1.165, 1.54) is 33.3 Å². The van der Waals surface area contributed by atoms with Gasteiger partial charge in [-0.05, 0) is 59.4 Å². The van der Waals surface area contributed by atoms with E-state index in [9.17, 15) is 0 Å². The number of aromatic amines is 1. The lowest BCUT2D eigenvalue weighted by Gasteiger charge is -2.26. The zero-order valence-electron chi connectivity index (χ0n) is 14.8. The van der Waals surface area contributed by atoms with Gasteiger partial charge in [0.05, 0.1) is 13.2 Å². The Morgan fingerprint density at radius 2 is 2.00 bits per heavy atom. The van der Waals surface area contributed by atoms with Crippen molar-refractivity contribution in [3.05, 3.63) is 63.3 Å². The molecule has 1 unspecified atom stereocenters. The summed E-state index contributed by atoms with van der Waals surface area (Å²) in [6.07, 6.45) is 1.05. The molecule has 0 aliphatic carbocycles. The largest absolute Gasteiger partial charge is 0.496 e. The maximum atomic E-state index is 5.55. The first kappa shape index (κ1) is 16.7. The van der Waals surface area contributed by atoms with Gasteiger partial charge in [0.2, 0.25) is 0 Å². The number of rotatable bonds is 3. The number of benzene rings is 2. The predicted molar refractivity (Wildman–Crippen MR) is 107 cm³/mol. The van der Waals surface area contributed by atoms with Crippen molar-refractivity contribution in [2.24, 2.45) is 0 Å². The van der Waals surface area contributed by atoms with Crippen LogP contribution in [0.2, 0.25) is 0 Å². The Morgan fingerprint density at radius 1 is 1.16 bits per heavy atom. The zero-order valence-corrected chi connectivity index (χ0v) is 16.4. The van der Waals surface area contributed by atoms with Gasteiger partial charge in [0.25, 0.3) is 0 Å². The predicted octanol–water partition coefficient (Wildman–Crippen LogP) is 5.30. The molecule has 1 aliphatic heterocycles. The van der Waals surface area contributed by atoms with Crippen LogP contribution in [0.1, 0.15) is 48.2 Å². The van der Waals surface area contributed by atoms with Gasteiger partial charge >= 0.3 is 0 Å². The van der Waals surface area contributed by atoms with E-state index in [-0.39, 0.29) is 6.04 Å². The van der Waals surface area contributed by atoms with E-state index < -0.39 is 0 Å². The standard InChI is InChI=1S/C21H23BrN2O/c1-12(2)16-10-13(4-7-19(16)25-3)20-21-15(8-9-23-20)17-11-14(22)5-6-18(17)24-21/h4-7,10-12,20,23-24H,8-9H2,1-3H3. The third-order valence-electron chi connectivity index (χ3n) is 5.12. The van der Waals surface area contributed by atoms with E-state index in [1.54, 1.807) is 7.11 Å². The topological polar surface area (TPSA) is 37.0 Å². The molecule has 0 spiro atoms. The molecule has 0 fully saturated rings. The molecule has 130 valence electrons. The van der Waals surface area contributed by atoms with E-state index in [0.29, 0.717) is 5.92 Å². The molecule has 0 radical (unpaired) electrons. The number of H-pyrrole nitrogens is 1. The number of hydrogen-bond donors (Lipinski definition) is 2. The van der Waals surface area contributed by atoms with Crippen LogP contribution in [-0.4, -0.2) is 18.6 Å². The summed E-state index contributed by atoms with van der Waals surface area (Å²) < 4.78 is 6.67. The summed E-state index contributed by atoms with van der Waals surface area (Å²) in [6, 6.07) is 13.2. The first-order valence-corrected chi connectivity index (χ1v) is 9.59. The molecule has 0 saturated carbocycles. The Bertz CT molecular complexity index is 929. The molecular weight excluding hydrogens is 376 g/mol. The Balaban J connectivity index is 1.84. The van der Waals surface area contributed by atoms with Gasteiger partial charge in [-0.3, -0.25) is 0 Å². The van der Waals surface area contributed by atoms with Gasteiger partial charge in [-0.25, -0.2) is 0 Å². The molecule has 3 aromatic rings. The van der Waals surface area contributed by atoms with E-state index in [0.717, 1.165) is 23.2 Å². The fourth-order valence-electron chi connectivity index (χ4n) is 3.87. The molecule has 4 heteroatoms. The van der Waals surface area contributed by atoms with Crippen molar-refractivity contribution in [2.45, 2.75) is 32.2 Å². The first-order chi connectivity index (χ1) is 12.1. The minimum absolute atomic E-state index is 0.193. The van der Waals surface area contributed by atoms with E-state index in [4.69, 9.17) is 4.74 Å². The highest BCUT2D eigenvalue weighted by atomic mass is 79.9. The fourth-order valence-corrected chi connectivity index (χ4v) is 4.23. The molecule has 1 aliphatic rings. The highest BCUT2D eigenvalue weighted by molar-refractivity contribution is 9.10. The molecule has 0 saturated heterocycles. The van der Waals surface area contributed by atoms with Crippen LogP contribution in [0.5, 0.6) is 5.75 Å². The van der Waals surface area contributed by atoms with Crippen LogP contribution in [0.3, 0.4) is 0 Å². The fraction of sp³-hybridized carbons (Fsp3) is 0.333. The quantitative estimate of drug-likeness (QED) is 0.627. The monoisotopic (exact) mass is 398 g/mol. The maximum Gasteiger partial charge on any atom is 0.122 e. The molecule has 0 bridgehead atoms. The molecule has 1 atom stereocenters. The summed E-state index contributed by atoms with van der Waals surface area (Å²) in [5.74, 6) is 1.40. The normalized spacial score (nSPS) is 17.1. The van der Waals surface area contributed by atoms with Crippen molar-refractivity contribution in [3.63, 3.8) is 0 Å². The SMILES string of the molecule is COc1ccc(C2NCCc3c2[nH]c2ccc(Br)cc32)cc1C(C)C. The van der Waals surface area contributed by atoms with Gasteiger partial charge in [0.1, 0.15) is 5.75 Å². The average Bonchev–Trinajstić information content (AvgIpc) is 2.99. The van der Waals surface area contributed by atoms with Gasteiger partial charge in [-0.1, -0.05) is 35.8 Å². The minimum atomic E-state index is 0.193. The minimum Gasteiger partial charge on any atom is -0.496 e. The van der Waals surface area contributed by atoms with Crippen LogP contribution in [-0.2, 0) is 6.42 Å². The van der Waals surface area contributed by atoms with Crippen molar-refractivity contribution in [1.82, 2.24) is 10.3 Å². The number of hydrogen-bond acceptors (Lipinski definition) is 2. The van der Waals surface area contributed by atoms with Gasteiger partial charge < -0.3 is 15.0 Å². The summed E-state index contributed by atoms with van der Waals surface area (Å²) in [5.41, 5.74) is 6.48. The molecule has 1 aromatic heterocycles. The lowest BCUT2D eigenvalue weighted by atomic mass is 9.91. The van der Waals surface area contributed by atoms with Gasteiger partial charge in [-0.2, -0.15) is 0 Å². The summed E-state index contributed by atoms with van der Waals surface area (Å²) in [5, 5.41) is 5.01. The lowest BCUT2D eigenvalue weighted by Crippen LogP contribution is -2.30. The number of nitrogens with one attached hydrogen (secondary N) is 2. The number of aromatic nitrogens is 1. The summed E-state index contributed by atoms with van der Waals surface area (Å²) >= 11 is 3.60. The van der Waals surface area contributed by atoms with Gasteiger partial charge in [0.15, 0.2) is 0 Å². The van der Waals surface area contributed by atoms with Crippen molar-refractivity contribution in [1.29, 1.82) is 0 Å². The number of ether oxygens (including phenoxy) is 1. The van der Waals surface area contributed by atoms with Crippen LogP contribution in [0.15, 0.2) is 40.9 Å². The third-order valence-corrected chi connectivity index (χ3v) is 5.62. The maximum absolute atomic E-state index is 5.55. The first-order valence-electron chi connectivity index (χ1n) is 8.79. The Hall–Kier alpha value is -1.78. The second-order valence-corrected chi connectivity index (χ2v) is 7.92. The average molecular weight is 399 g/mol. The molecule has 25 heavy (non-hydrogen) atoms. The van der Waals surface area contributed by atoms with Crippen molar-refractivity contribution >= 4 is 26.8 Å². The van der Waals surface area contributed by atoms with Crippen LogP contribution in [0.25, 0.3) is 10.9 Å². The second-order valence-electron chi connectivity index (χ2n) is 7.00. The highest BCUT2D eigenvalue weighted by Crippen LogP contribution is 2.37. The van der Waals surface area contributed by atoms with Crippen LogP contribution in [0.4, 0.5) is 0 Å². The molecule has 0 amide bonds. The molecule has 2 N–H and O–H groups in total. The Morgan fingerprint density at radius 3 is 2.76 bits per heavy atom. The van der Waals surface area contributed by atoms with E-state index >= 15 is 0 Å². The van der Waals surface area contributed by atoms with E-state index in [1.807, 2.05) is 0 Å². The summed E-state index contributed by atoms with van der Waals surface area (Å²) in [7, 11) is 1.74. The molecule has 4 rings (SSSR count). The molecule has 2 heterocycles. The molecule has 3 nitrogen and oxygen atoms in total. The Labute approximate surface area is 156 Å². The smallest absolute Gasteiger partial charge is 0.122 e. The third kappa shape index (κ3) is 2.87. The van der Waals surface area contributed by atoms with E-state index in [2.05, 4.69) is 76.5 Å². The highest BCUT2D eigenvalue weighted by Gasteiger charge is 2.26. The summed E-state index contributed by atoms with van der Waals surface area (Å²) in [6.45, 7) is 5.41. The summed E-state index contributed by atoms with van der Waals surface area (Å²) in [4.78, 5) is 3.65. The van der Waals surface area contributed by atoms with Gasteiger partial charge in [0, 0.05) is 27.6 Å². The van der Waals surface area contributed by atoms with Crippen molar-refractivity contribution < 1.29 is 4.74 Å². The van der Waals surface area contributed by atoms with Crippen LogP contribution >= 0.6 is 15.9 Å². The van der Waals surface area contributed by atoms with Crippen LogP contribution in [0, 0.1) is 0 Å². The number of halogens is 1. The second kappa shape index (κ2) is 6.50. The zero-order chi connectivity index (χ0) is 17.6. The lowest BCUT2D eigenvalue weighted by molar-refractivity contribution is 0.407. The van der Waals surface area contributed by atoms with Crippen molar-refractivity contribution in [3.8, 4) is 5.75 Å². The molecule has 2 aromatic carbocycles.